The average molecular weight is 341 g/mol. The molecule has 0 spiro atoms. The number of fused-ring (bicyclic) bond motifs is 1. The number of benzene rings is 1. The van der Waals surface area contributed by atoms with Crippen LogP contribution in [0.2, 0.25) is 0 Å². The molecule has 0 bridgehead atoms. The molecule has 7 heteroatoms. The molecule has 0 saturated heterocycles. The van der Waals surface area contributed by atoms with Gasteiger partial charge in [0, 0.05) is 17.5 Å². The Labute approximate surface area is 146 Å². The molecule has 0 radical (unpaired) electrons. The van der Waals surface area contributed by atoms with Crippen molar-refractivity contribution < 1.29 is 9.52 Å². The Morgan fingerprint density at radius 2 is 2.12 bits per heavy atom. The number of hydrogen-bond acceptors (Lipinski definition) is 7. The topological polar surface area (TPSA) is 110 Å². The molecule has 0 amide bonds. The number of nitrogens with one attached hydrogen (secondary N) is 1. The first-order chi connectivity index (χ1) is 12.1. The monoisotopic (exact) mass is 341 g/mol. The maximum atomic E-state index is 9.15. The van der Waals surface area contributed by atoms with Gasteiger partial charge in [-0.25, -0.2) is 15.0 Å². The molecule has 0 aliphatic carbocycles. The van der Waals surface area contributed by atoms with Gasteiger partial charge in [0.05, 0.1) is 24.4 Å². The van der Waals surface area contributed by atoms with Gasteiger partial charge < -0.3 is 20.6 Å². The van der Waals surface area contributed by atoms with Gasteiger partial charge >= 0.3 is 0 Å². The lowest BCUT2D eigenvalue weighted by molar-refractivity contribution is 0.311. The van der Waals surface area contributed by atoms with Crippen LogP contribution in [0.1, 0.15) is 32.1 Å². The number of anilines is 1. The molecular weight excluding hydrogens is 318 g/mol. The summed E-state index contributed by atoms with van der Waals surface area (Å²) in [5.41, 5.74) is 7.95. The molecule has 3 rings (SSSR count). The van der Waals surface area contributed by atoms with Crippen molar-refractivity contribution in [2.45, 2.75) is 26.3 Å². The molecule has 1 atom stereocenters. The number of oxazole rings is 1. The van der Waals surface area contributed by atoms with Crippen LogP contribution in [0.25, 0.3) is 22.2 Å². The van der Waals surface area contributed by atoms with E-state index in [0.29, 0.717) is 29.9 Å². The summed E-state index contributed by atoms with van der Waals surface area (Å²) in [6.45, 7) is 4.66. The molecule has 2 aromatic heterocycles. The number of nitrogens with zero attached hydrogens (tertiary/aromatic N) is 3. The van der Waals surface area contributed by atoms with E-state index in [1.54, 1.807) is 6.20 Å². The fourth-order valence-electron chi connectivity index (χ4n) is 2.75. The molecule has 7 nitrogen and oxygen atoms in total. The summed E-state index contributed by atoms with van der Waals surface area (Å²) in [6.07, 6.45) is 3.87. The van der Waals surface area contributed by atoms with Crippen molar-refractivity contribution in [3.05, 3.63) is 36.6 Å². The second kappa shape index (κ2) is 7.58. The van der Waals surface area contributed by atoms with Gasteiger partial charge in [-0.2, -0.15) is 0 Å². The van der Waals surface area contributed by atoms with Gasteiger partial charge in [0.15, 0.2) is 12.2 Å². The van der Waals surface area contributed by atoms with E-state index in [9.17, 15) is 0 Å². The first kappa shape index (κ1) is 17.3. The van der Waals surface area contributed by atoms with Crippen LogP contribution in [0.15, 0.2) is 35.2 Å². The van der Waals surface area contributed by atoms with Gasteiger partial charge in [-0.3, -0.25) is 0 Å². The lowest BCUT2D eigenvalue weighted by Crippen LogP contribution is -2.18. The number of aliphatic hydroxyl groups is 1. The Bertz CT molecular complexity index is 833. The van der Waals surface area contributed by atoms with Crippen molar-refractivity contribution >= 4 is 16.7 Å². The van der Waals surface area contributed by atoms with Gasteiger partial charge in [-0.1, -0.05) is 13.8 Å². The van der Waals surface area contributed by atoms with Crippen LogP contribution >= 0.6 is 0 Å². The zero-order valence-corrected chi connectivity index (χ0v) is 14.4. The van der Waals surface area contributed by atoms with E-state index < -0.39 is 0 Å². The molecule has 132 valence electrons. The van der Waals surface area contributed by atoms with Gasteiger partial charge in [0.25, 0.3) is 0 Å². The molecular formula is C18H23N5O2. The lowest BCUT2D eigenvalue weighted by Gasteiger charge is -2.16. The number of hydrogen-bond donors (Lipinski definition) is 3. The van der Waals surface area contributed by atoms with Crippen LogP contribution in [0.4, 0.5) is 5.82 Å². The number of aliphatic hydroxyl groups excluding tert-OH is 1. The van der Waals surface area contributed by atoms with Gasteiger partial charge in [0.1, 0.15) is 11.6 Å². The van der Waals surface area contributed by atoms with Crippen molar-refractivity contribution in [1.82, 2.24) is 15.0 Å². The third-order valence-corrected chi connectivity index (χ3v) is 3.89. The van der Waals surface area contributed by atoms with Crippen molar-refractivity contribution in [2.75, 3.05) is 18.5 Å². The van der Waals surface area contributed by atoms with Crippen molar-refractivity contribution in [1.29, 1.82) is 0 Å². The first-order valence-electron chi connectivity index (χ1n) is 8.39. The minimum Gasteiger partial charge on any atom is -0.444 e. The van der Waals surface area contributed by atoms with Gasteiger partial charge in [-0.05, 0) is 30.5 Å². The highest BCUT2D eigenvalue weighted by molar-refractivity contribution is 5.92. The van der Waals surface area contributed by atoms with E-state index >= 15 is 0 Å². The Morgan fingerprint density at radius 1 is 1.28 bits per heavy atom. The minimum atomic E-state index is -0.229. The third kappa shape index (κ3) is 3.94. The molecule has 0 aliphatic rings. The summed E-state index contributed by atoms with van der Waals surface area (Å²) >= 11 is 0. The van der Waals surface area contributed by atoms with Crippen LogP contribution in [-0.4, -0.2) is 33.2 Å². The molecule has 25 heavy (non-hydrogen) atoms. The zero-order valence-electron chi connectivity index (χ0n) is 14.4. The normalized spacial score (nSPS) is 12.7. The van der Waals surface area contributed by atoms with Crippen LogP contribution in [0, 0.1) is 5.92 Å². The highest BCUT2D eigenvalue weighted by Gasteiger charge is 2.16. The predicted molar refractivity (Wildman–Crippen MR) is 97.0 cm³/mol. The SMILES string of the molecule is CC(C)CC(N)c1nc(NCCO)c2cc(-c3cnco3)ccc2n1. The highest BCUT2D eigenvalue weighted by atomic mass is 16.3. The van der Waals surface area contributed by atoms with Crippen LogP contribution < -0.4 is 11.1 Å². The van der Waals surface area contributed by atoms with E-state index in [-0.39, 0.29) is 12.6 Å². The van der Waals surface area contributed by atoms with Crippen molar-refractivity contribution in [3.63, 3.8) is 0 Å². The number of rotatable bonds is 7. The Morgan fingerprint density at radius 3 is 2.80 bits per heavy atom. The molecule has 1 unspecified atom stereocenters. The summed E-state index contributed by atoms with van der Waals surface area (Å²) in [6, 6.07) is 5.58. The minimum absolute atomic E-state index is 0.0146. The van der Waals surface area contributed by atoms with Crippen LogP contribution in [0.5, 0.6) is 0 Å². The van der Waals surface area contributed by atoms with Crippen LogP contribution in [-0.2, 0) is 0 Å². The van der Waals surface area contributed by atoms with E-state index in [0.717, 1.165) is 22.9 Å². The maximum absolute atomic E-state index is 9.15. The Balaban J connectivity index is 2.06. The van der Waals surface area contributed by atoms with Crippen molar-refractivity contribution in [2.24, 2.45) is 11.7 Å². The largest absolute Gasteiger partial charge is 0.444 e. The van der Waals surface area contributed by atoms with Gasteiger partial charge in [0.2, 0.25) is 0 Å². The third-order valence-electron chi connectivity index (χ3n) is 3.89. The molecule has 0 saturated carbocycles. The zero-order chi connectivity index (χ0) is 17.8. The average Bonchev–Trinajstić information content (AvgIpc) is 3.13. The first-order valence-corrected chi connectivity index (χ1v) is 8.39. The van der Waals surface area contributed by atoms with E-state index in [1.165, 1.54) is 6.39 Å². The lowest BCUT2D eigenvalue weighted by atomic mass is 10.0. The number of aromatic nitrogens is 3. The molecule has 3 aromatic rings. The summed E-state index contributed by atoms with van der Waals surface area (Å²) in [5.74, 6) is 2.40. The standard InChI is InChI=1S/C18H23N5O2/c1-11(2)7-14(19)18-22-15-4-3-12(16-9-20-10-25-16)8-13(15)17(23-18)21-5-6-24/h3-4,8-11,14,24H,5-7,19H2,1-2H3,(H,21,22,23). The van der Waals surface area contributed by atoms with Gasteiger partial charge in [-0.15, -0.1) is 0 Å². The summed E-state index contributed by atoms with van der Waals surface area (Å²) < 4.78 is 5.36. The van der Waals surface area contributed by atoms with E-state index in [2.05, 4.69) is 34.1 Å². The summed E-state index contributed by atoms with van der Waals surface area (Å²) in [5, 5.41) is 13.2. The van der Waals surface area contributed by atoms with Crippen LogP contribution in [0.3, 0.4) is 0 Å². The maximum Gasteiger partial charge on any atom is 0.181 e. The predicted octanol–water partition coefficient (Wildman–Crippen LogP) is 2.73. The molecule has 1 aromatic carbocycles. The van der Waals surface area contributed by atoms with E-state index in [1.807, 2.05) is 18.2 Å². The molecule has 4 N–H and O–H groups in total. The molecule has 2 heterocycles. The molecule has 0 fully saturated rings. The highest BCUT2D eigenvalue weighted by Crippen LogP contribution is 2.29. The Hall–Kier alpha value is -2.51. The summed E-state index contributed by atoms with van der Waals surface area (Å²) in [4.78, 5) is 13.2. The van der Waals surface area contributed by atoms with E-state index in [4.69, 9.17) is 15.3 Å². The second-order valence-electron chi connectivity index (χ2n) is 6.41. The fraction of sp³-hybridized carbons (Fsp3) is 0.389. The smallest absolute Gasteiger partial charge is 0.181 e. The van der Waals surface area contributed by atoms with Crippen molar-refractivity contribution in [3.8, 4) is 11.3 Å². The second-order valence-corrected chi connectivity index (χ2v) is 6.41. The Kier molecular flexibility index (Phi) is 5.25. The fourth-order valence-corrected chi connectivity index (χ4v) is 2.75. The summed E-state index contributed by atoms with van der Waals surface area (Å²) in [7, 11) is 0. The number of nitrogens with two attached hydrogens (primary N) is 1. The quantitative estimate of drug-likeness (QED) is 0.606. The molecule has 0 aliphatic heterocycles.